The molecule has 4 N–H and O–H groups in total. The fourth-order valence-corrected chi connectivity index (χ4v) is 1.70. The van der Waals surface area contributed by atoms with Crippen molar-refractivity contribution in [3.63, 3.8) is 0 Å². The molecule has 4 nitrogen and oxygen atoms in total. The predicted molar refractivity (Wildman–Crippen MR) is 67.6 cm³/mol. The average Bonchev–Trinajstić information content (AvgIpc) is 2.29. The van der Waals surface area contributed by atoms with Gasteiger partial charge in [-0.15, -0.1) is 0 Å². The maximum atomic E-state index is 11.3. The second kappa shape index (κ2) is 4.43. The van der Waals surface area contributed by atoms with Gasteiger partial charge in [-0.25, -0.2) is 4.98 Å². The molecule has 0 radical (unpaired) electrons. The molecular formula is C12H10ClN3O. The molecule has 0 spiro atoms. The van der Waals surface area contributed by atoms with E-state index >= 15 is 0 Å². The van der Waals surface area contributed by atoms with Crippen molar-refractivity contribution < 1.29 is 4.79 Å². The zero-order valence-corrected chi connectivity index (χ0v) is 9.61. The lowest BCUT2D eigenvalue weighted by Gasteiger charge is -2.08. The van der Waals surface area contributed by atoms with Crippen LogP contribution in [-0.2, 0) is 0 Å². The first-order valence-electron chi connectivity index (χ1n) is 4.91. The topological polar surface area (TPSA) is 82.0 Å². The summed E-state index contributed by atoms with van der Waals surface area (Å²) in [7, 11) is 0. The van der Waals surface area contributed by atoms with Gasteiger partial charge in [-0.1, -0.05) is 29.8 Å². The number of para-hydroxylation sites is 1. The highest BCUT2D eigenvalue weighted by atomic mass is 35.5. The van der Waals surface area contributed by atoms with Crippen LogP contribution in [0.15, 0.2) is 36.4 Å². The van der Waals surface area contributed by atoms with Crippen molar-refractivity contribution in [1.82, 2.24) is 4.98 Å². The molecule has 86 valence electrons. The Balaban J connectivity index is 2.70. The number of nitrogens with zero attached hydrogens (tertiary/aromatic N) is 1. The van der Waals surface area contributed by atoms with Gasteiger partial charge >= 0.3 is 0 Å². The molecule has 0 saturated heterocycles. The van der Waals surface area contributed by atoms with Gasteiger partial charge in [0.05, 0.1) is 11.3 Å². The zero-order valence-electron chi connectivity index (χ0n) is 8.85. The maximum Gasteiger partial charge on any atom is 0.250 e. The molecule has 5 heteroatoms. The number of nitrogen functional groups attached to an aromatic ring is 1. The maximum absolute atomic E-state index is 11.3. The van der Waals surface area contributed by atoms with Gasteiger partial charge in [0, 0.05) is 11.3 Å². The summed E-state index contributed by atoms with van der Waals surface area (Å²) in [6.45, 7) is 0. The van der Waals surface area contributed by atoms with Gasteiger partial charge in [-0.2, -0.15) is 0 Å². The van der Waals surface area contributed by atoms with E-state index < -0.39 is 5.91 Å². The van der Waals surface area contributed by atoms with Crippen molar-refractivity contribution >= 4 is 23.2 Å². The molecule has 0 aliphatic rings. The third-order valence-corrected chi connectivity index (χ3v) is 2.55. The highest BCUT2D eigenvalue weighted by molar-refractivity contribution is 6.29. The Morgan fingerprint density at radius 1 is 1.18 bits per heavy atom. The third kappa shape index (κ3) is 2.21. The number of halogens is 1. The molecule has 0 unspecified atom stereocenters. The third-order valence-electron chi connectivity index (χ3n) is 2.34. The van der Waals surface area contributed by atoms with Crippen LogP contribution in [-0.4, -0.2) is 10.9 Å². The van der Waals surface area contributed by atoms with E-state index in [-0.39, 0.29) is 5.15 Å². The van der Waals surface area contributed by atoms with Gasteiger partial charge in [0.25, 0.3) is 5.91 Å². The van der Waals surface area contributed by atoms with Crippen LogP contribution in [0.3, 0.4) is 0 Å². The first kappa shape index (κ1) is 11.4. The number of amides is 1. The minimum absolute atomic E-state index is 0.285. The lowest BCUT2D eigenvalue weighted by atomic mass is 10.0. The van der Waals surface area contributed by atoms with E-state index in [9.17, 15) is 4.79 Å². The minimum atomic E-state index is -0.563. The fraction of sp³-hybridized carbons (Fsp3) is 0. The van der Waals surface area contributed by atoms with E-state index in [0.717, 1.165) is 0 Å². The van der Waals surface area contributed by atoms with Gasteiger partial charge in [-0.3, -0.25) is 4.79 Å². The van der Waals surface area contributed by atoms with Crippen molar-refractivity contribution in [2.75, 3.05) is 5.73 Å². The van der Waals surface area contributed by atoms with E-state index in [1.165, 1.54) is 6.07 Å². The van der Waals surface area contributed by atoms with Crippen LogP contribution in [0.25, 0.3) is 11.3 Å². The molecule has 2 aromatic rings. The predicted octanol–water partition coefficient (Wildman–Crippen LogP) is 2.08. The SMILES string of the molecule is NC(=O)c1ccc(Cl)nc1-c1ccccc1N. The van der Waals surface area contributed by atoms with E-state index in [1.807, 2.05) is 0 Å². The van der Waals surface area contributed by atoms with Crippen molar-refractivity contribution in [3.05, 3.63) is 47.1 Å². The van der Waals surface area contributed by atoms with Gasteiger partial charge in [0.2, 0.25) is 0 Å². The number of hydrogen-bond acceptors (Lipinski definition) is 3. The largest absolute Gasteiger partial charge is 0.398 e. The molecule has 1 heterocycles. The molecular weight excluding hydrogens is 238 g/mol. The summed E-state index contributed by atoms with van der Waals surface area (Å²) in [5.74, 6) is -0.563. The van der Waals surface area contributed by atoms with Gasteiger partial charge in [-0.05, 0) is 18.2 Å². The van der Waals surface area contributed by atoms with Crippen LogP contribution < -0.4 is 11.5 Å². The van der Waals surface area contributed by atoms with Crippen LogP contribution in [0.2, 0.25) is 5.15 Å². The highest BCUT2D eigenvalue weighted by Crippen LogP contribution is 2.28. The standard InChI is InChI=1S/C12H10ClN3O/c13-10-6-5-8(12(15)17)11(16-10)7-3-1-2-4-9(7)14/h1-6H,14H2,(H2,15,17). The summed E-state index contributed by atoms with van der Waals surface area (Å²) >= 11 is 5.82. The number of carbonyl (C=O) groups excluding carboxylic acids is 1. The fourth-order valence-electron chi connectivity index (χ4n) is 1.55. The van der Waals surface area contributed by atoms with Crippen LogP contribution in [0.5, 0.6) is 0 Å². The number of aromatic nitrogens is 1. The van der Waals surface area contributed by atoms with Gasteiger partial charge in [0.15, 0.2) is 0 Å². The molecule has 0 saturated carbocycles. The van der Waals surface area contributed by atoms with E-state index in [4.69, 9.17) is 23.1 Å². The number of anilines is 1. The van der Waals surface area contributed by atoms with Gasteiger partial charge in [0.1, 0.15) is 5.15 Å². The van der Waals surface area contributed by atoms with Crippen molar-refractivity contribution in [1.29, 1.82) is 0 Å². The Labute approximate surface area is 103 Å². The molecule has 0 aliphatic heterocycles. The number of hydrogen-bond donors (Lipinski definition) is 2. The van der Waals surface area contributed by atoms with E-state index in [2.05, 4.69) is 4.98 Å². The Morgan fingerprint density at radius 3 is 2.53 bits per heavy atom. The Bertz CT molecular complexity index is 584. The summed E-state index contributed by atoms with van der Waals surface area (Å²) in [6, 6.07) is 10.2. The van der Waals surface area contributed by atoms with Crippen molar-refractivity contribution in [2.24, 2.45) is 5.73 Å². The zero-order chi connectivity index (χ0) is 12.4. The summed E-state index contributed by atoms with van der Waals surface area (Å²) < 4.78 is 0. The summed E-state index contributed by atoms with van der Waals surface area (Å²) in [6.07, 6.45) is 0. The normalized spacial score (nSPS) is 10.2. The molecule has 0 bridgehead atoms. The summed E-state index contributed by atoms with van der Waals surface area (Å²) in [5.41, 5.74) is 13.0. The molecule has 1 aromatic heterocycles. The van der Waals surface area contributed by atoms with Crippen LogP contribution in [0, 0.1) is 0 Å². The first-order chi connectivity index (χ1) is 8.09. The number of rotatable bonds is 2. The summed E-state index contributed by atoms with van der Waals surface area (Å²) in [4.78, 5) is 15.4. The number of pyridine rings is 1. The number of nitrogens with two attached hydrogens (primary N) is 2. The molecule has 0 fully saturated rings. The van der Waals surface area contributed by atoms with Crippen molar-refractivity contribution in [2.45, 2.75) is 0 Å². The quantitative estimate of drug-likeness (QED) is 0.630. The van der Waals surface area contributed by atoms with Crippen LogP contribution in [0.4, 0.5) is 5.69 Å². The molecule has 17 heavy (non-hydrogen) atoms. The first-order valence-corrected chi connectivity index (χ1v) is 5.28. The van der Waals surface area contributed by atoms with Crippen LogP contribution >= 0.6 is 11.6 Å². The number of carbonyl (C=O) groups is 1. The van der Waals surface area contributed by atoms with E-state index in [0.29, 0.717) is 22.5 Å². The lowest BCUT2D eigenvalue weighted by Crippen LogP contribution is -2.13. The lowest BCUT2D eigenvalue weighted by molar-refractivity contribution is 0.100. The van der Waals surface area contributed by atoms with Gasteiger partial charge < -0.3 is 11.5 Å². The second-order valence-electron chi connectivity index (χ2n) is 3.48. The average molecular weight is 248 g/mol. The van der Waals surface area contributed by atoms with Crippen LogP contribution in [0.1, 0.15) is 10.4 Å². The Hall–Kier alpha value is -2.07. The Kier molecular flexibility index (Phi) is 2.97. The molecule has 1 amide bonds. The number of primary amides is 1. The minimum Gasteiger partial charge on any atom is -0.398 e. The summed E-state index contributed by atoms with van der Waals surface area (Å²) in [5, 5.41) is 0.285. The smallest absolute Gasteiger partial charge is 0.250 e. The monoisotopic (exact) mass is 247 g/mol. The van der Waals surface area contributed by atoms with Crippen molar-refractivity contribution in [3.8, 4) is 11.3 Å². The molecule has 0 atom stereocenters. The highest BCUT2D eigenvalue weighted by Gasteiger charge is 2.14. The second-order valence-corrected chi connectivity index (χ2v) is 3.87. The molecule has 2 rings (SSSR count). The Morgan fingerprint density at radius 2 is 1.88 bits per heavy atom. The molecule has 0 aliphatic carbocycles. The number of benzene rings is 1. The molecule has 1 aromatic carbocycles. The van der Waals surface area contributed by atoms with E-state index in [1.54, 1.807) is 30.3 Å².